The molecule has 2 N–H and O–H groups in total. The molecule has 0 saturated heterocycles. The molecule has 1 aromatic carbocycles. The van der Waals surface area contributed by atoms with Crippen LogP contribution in [0.25, 0.3) is 0 Å². The molecule has 0 amide bonds. The van der Waals surface area contributed by atoms with Gasteiger partial charge in [-0.3, -0.25) is 0 Å². The van der Waals surface area contributed by atoms with Crippen LogP contribution in [0.15, 0.2) is 24.3 Å². The fourth-order valence-corrected chi connectivity index (χ4v) is 1.19. The highest BCUT2D eigenvalue weighted by Gasteiger charge is 1.92. The van der Waals surface area contributed by atoms with Crippen molar-refractivity contribution >= 4 is 0 Å². The van der Waals surface area contributed by atoms with Crippen molar-refractivity contribution in [2.75, 3.05) is 13.2 Å². The summed E-state index contributed by atoms with van der Waals surface area (Å²) in [5.74, 6) is 7.06. The molecule has 15 heavy (non-hydrogen) atoms. The average molecular weight is 203 g/mol. The van der Waals surface area contributed by atoms with Crippen LogP contribution in [0.4, 0.5) is 0 Å². The molecule has 1 rings (SSSR count). The van der Waals surface area contributed by atoms with E-state index in [9.17, 15) is 0 Å². The van der Waals surface area contributed by atoms with E-state index in [2.05, 4.69) is 11.8 Å². The Morgan fingerprint density at radius 2 is 2.27 bits per heavy atom. The molecule has 0 bridgehead atoms. The molecule has 0 unspecified atom stereocenters. The first kappa shape index (κ1) is 11.6. The summed E-state index contributed by atoms with van der Waals surface area (Å²) < 4.78 is 5.39. The first-order valence-electron chi connectivity index (χ1n) is 5.28. The Morgan fingerprint density at radius 3 is 3.00 bits per heavy atom. The molecule has 2 heteroatoms. The van der Waals surface area contributed by atoms with Gasteiger partial charge in [0, 0.05) is 12.0 Å². The topological polar surface area (TPSA) is 35.2 Å². The Labute approximate surface area is 91.4 Å². The summed E-state index contributed by atoms with van der Waals surface area (Å²) in [6.45, 7) is 3.36. The summed E-state index contributed by atoms with van der Waals surface area (Å²) in [4.78, 5) is 0. The third kappa shape index (κ3) is 4.53. The van der Waals surface area contributed by atoms with Gasteiger partial charge in [0.05, 0.1) is 6.61 Å². The predicted molar refractivity (Wildman–Crippen MR) is 62.8 cm³/mol. The van der Waals surface area contributed by atoms with Gasteiger partial charge in [-0.1, -0.05) is 17.9 Å². The number of hydrogen-bond donors (Lipinski definition) is 1. The number of benzene rings is 1. The van der Waals surface area contributed by atoms with E-state index in [1.54, 1.807) is 0 Å². The summed E-state index contributed by atoms with van der Waals surface area (Å²) >= 11 is 0. The summed E-state index contributed by atoms with van der Waals surface area (Å²) in [6.07, 6.45) is 1.81. The second-order valence-electron chi connectivity index (χ2n) is 3.15. The summed E-state index contributed by atoms with van der Waals surface area (Å²) in [5, 5.41) is 0. The van der Waals surface area contributed by atoms with Crippen LogP contribution in [0.3, 0.4) is 0 Å². The molecule has 80 valence electrons. The molecule has 0 spiro atoms. The highest BCUT2D eigenvalue weighted by molar-refractivity contribution is 5.39. The lowest BCUT2D eigenvalue weighted by atomic mass is 10.2. The van der Waals surface area contributed by atoms with E-state index in [1.165, 1.54) is 0 Å². The van der Waals surface area contributed by atoms with Gasteiger partial charge in [-0.15, -0.1) is 0 Å². The molecule has 0 aliphatic rings. The minimum Gasteiger partial charge on any atom is -0.494 e. The lowest BCUT2D eigenvalue weighted by Crippen LogP contribution is -1.96. The van der Waals surface area contributed by atoms with Crippen LogP contribution in [-0.4, -0.2) is 13.2 Å². The third-order valence-electron chi connectivity index (χ3n) is 1.88. The number of ether oxygens (including phenoxy) is 1. The second kappa shape index (κ2) is 6.92. The lowest BCUT2D eigenvalue weighted by Gasteiger charge is -2.01. The third-order valence-corrected chi connectivity index (χ3v) is 1.88. The smallest absolute Gasteiger partial charge is 0.120 e. The molecule has 0 radical (unpaired) electrons. The van der Waals surface area contributed by atoms with Gasteiger partial charge in [0.25, 0.3) is 0 Å². The Bertz CT molecular complexity index is 349. The zero-order valence-electron chi connectivity index (χ0n) is 9.12. The van der Waals surface area contributed by atoms with Crippen LogP contribution in [0.2, 0.25) is 0 Å². The minimum absolute atomic E-state index is 0.685. The summed E-state index contributed by atoms with van der Waals surface area (Å²) in [5.41, 5.74) is 6.38. The maximum atomic E-state index is 5.39. The van der Waals surface area contributed by atoms with Gasteiger partial charge >= 0.3 is 0 Å². The van der Waals surface area contributed by atoms with Crippen LogP contribution in [0.5, 0.6) is 5.75 Å². The minimum atomic E-state index is 0.685. The van der Waals surface area contributed by atoms with Gasteiger partial charge in [-0.25, -0.2) is 0 Å². The van der Waals surface area contributed by atoms with E-state index in [0.29, 0.717) is 13.2 Å². The van der Waals surface area contributed by atoms with Crippen LogP contribution < -0.4 is 10.5 Å². The number of rotatable bonds is 4. The SMILES string of the molecule is CCOc1cccc(C#CCCCN)c1. The van der Waals surface area contributed by atoms with Crippen LogP contribution in [-0.2, 0) is 0 Å². The molecule has 0 saturated carbocycles. The quantitative estimate of drug-likeness (QED) is 0.601. The Hall–Kier alpha value is -1.46. The van der Waals surface area contributed by atoms with E-state index >= 15 is 0 Å². The largest absolute Gasteiger partial charge is 0.494 e. The van der Waals surface area contributed by atoms with E-state index < -0.39 is 0 Å². The Balaban J connectivity index is 2.59. The van der Waals surface area contributed by atoms with Gasteiger partial charge < -0.3 is 10.5 Å². The fourth-order valence-electron chi connectivity index (χ4n) is 1.19. The van der Waals surface area contributed by atoms with Crippen LogP contribution in [0, 0.1) is 11.8 Å². The molecule has 0 atom stereocenters. The Kier molecular flexibility index (Phi) is 5.35. The van der Waals surface area contributed by atoms with Crippen molar-refractivity contribution in [1.29, 1.82) is 0 Å². The van der Waals surface area contributed by atoms with E-state index in [4.69, 9.17) is 10.5 Å². The molecule has 0 aliphatic heterocycles. The molecule has 0 fully saturated rings. The first-order chi connectivity index (χ1) is 7.36. The first-order valence-corrected chi connectivity index (χ1v) is 5.28. The van der Waals surface area contributed by atoms with Crippen molar-refractivity contribution in [2.45, 2.75) is 19.8 Å². The lowest BCUT2D eigenvalue weighted by molar-refractivity contribution is 0.340. The monoisotopic (exact) mass is 203 g/mol. The Morgan fingerprint density at radius 1 is 1.40 bits per heavy atom. The second-order valence-corrected chi connectivity index (χ2v) is 3.15. The molecule has 2 nitrogen and oxygen atoms in total. The highest BCUT2D eigenvalue weighted by atomic mass is 16.5. The maximum absolute atomic E-state index is 5.39. The van der Waals surface area contributed by atoms with Crippen LogP contribution in [0.1, 0.15) is 25.3 Å². The zero-order chi connectivity index (χ0) is 10.9. The van der Waals surface area contributed by atoms with Gasteiger partial charge in [-0.05, 0) is 38.1 Å². The van der Waals surface area contributed by atoms with E-state index in [1.807, 2.05) is 31.2 Å². The normalized spacial score (nSPS) is 9.20. The maximum Gasteiger partial charge on any atom is 0.120 e. The number of unbranched alkanes of at least 4 members (excludes halogenated alkanes) is 1. The van der Waals surface area contributed by atoms with Gasteiger partial charge in [0.1, 0.15) is 5.75 Å². The van der Waals surface area contributed by atoms with Crippen LogP contribution >= 0.6 is 0 Å². The van der Waals surface area contributed by atoms with Crippen molar-refractivity contribution in [1.82, 2.24) is 0 Å². The van der Waals surface area contributed by atoms with Gasteiger partial charge in [0.2, 0.25) is 0 Å². The van der Waals surface area contributed by atoms with Crippen molar-refractivity contribution < 1.29 is 4.74 Å². The summed E-state index contributed by atoms with van der Waals surface area (Å²) in [7, 11) is 0. The molecular formula is C13H17NO. The van der Waals surface area contributed by atoms with Crippen molar-refractivity contribution in [3.63, 3.8) is 0 Å². The zero-order valence-corrected chi connectivity index (χ0v) is 9.12. The highest BCUT2D eigenvalue weighted by Crippen LogP contribution is 2.12. The standard InChI is InChI=1S/C13H17NO/c1-2-15-13-9-6-8-12(11-13)7-4-3-5-10-14/h6,8-9,11H,2-3,5,10,14H2,1H3. The van der Waals surface area contributed by atoms with E-state index in [-0.39, 0.29) is 0 Å². The van der Waals surface area contributed by atoms with Crippen molar-refractivity contribution in [3.8, 4) is 17.6 Å². The van der Waals surface area contributed by atoms with Gasteiger partial charge in [-0.2, -0.15) is 0 Å². The molecule has 0 aromatic heterocycles. The van der Waals surface area contributed by atoms with E-state index in [0.717, 1.165) is 24.2 Å². The average Bonchev–Trinajstić information content (AvgIpc) is 2.26. The molecule has 0 aliphatic carbocycles. The van der Waals surface area contributed by atoms with Crippen molar-refractivity contribution in [3.05, 3.63) is 29.8 Å². The number of nitrogens with two attached hydrogens (primary N) is 1. The molecular weight excluding hydrogens is 186 g/mol. The van der Waals surface area contributed by atoms with Gasteiger partial charge in [0.15, 0.2) is 0 Å². The van der Waals surface area contributed by atoms with Crippen molar-refractivity contribution in [2.24, 2.45) is 5.73 Å². The molecule has 0 heterocycles. The number of hydrogen-bond acceptors (Lipinski definition) is 2. The molecule has 1 aromatic rings. The predicted octanol–water partition coefficient (Wildman–Crippen LogP) is 2.18. The summed E-state index contributed by atoms with van der Waals surface area (Å²) in [6, 6.07) is 7.84. The fraction of sp³-hybridized carbons (Fsp3) is 0.385.